The average Bonchev–Trinajstić information content (AvgIpc) is 2.45. The Labute approximate surface area is 126 Å². The first-order valence-electron chi connectivity index (χ1n) is 8.37. The third kappa shape index (κ3) is 2.09. The van der Waals surface area contributed by atoms with Gasteiger partial charge < -0.3 is 9.80 Å². The Morgan fingerprint density at radius 3 is 2.00 bits per heavy atom. The molecule has 112 valence electrons. The molecule has 1 amide bonds. The van der Waals surface area contributed by atoms with E-state index in [1.165, 1.54) is 38.5 Å². The number of carbonyl (C=O) groups excluding carboxylic acids is 1. The van der Waals surface area contributed by atoms with Crippen molar-refractivity contribution in [2.75, 3.05) is 32.1 Å². The van der Waals surface area contributed by atoms with Crippen molar-refractivity contribution in [2.24, 2.45) is 17.8 Å². The predicted octanol–water partition coefficient (Wildman–Crippen LogP) is 0.921. The number of hydrogen-bond donors (Lipinski definition) is 1. The number of nitrogens with one attached hydrogen (secondary N) is 1. The zero-order valence-electron chi connectivity index (χ0n) is 12.2. The summed E-state index contributed by atoms with van der Waals surface area (Å²) >= 11 is 5.68. The van der Waals surface area contributed by atoms with Crippen molar-refractivity contribution < 1.29 is 9.69 Å². The lowest BCUT2D eigenvalue weighted by Gasteiger charge is -2.59. The van der Waals surface area contributed by atoms with E-state index < -0.39 is 0 Å². The van der Waals surface area contributed by atoms with Gasteiger partial charge in [-0.05, 0) is 37.0 Å². The number of carbonyl (C=O) groups is 1. The van der Waals surface area contributed by atoms with Crippen molar-refractivity contribution >= 4 is 17.5 Å². The van der Waals surface area contributed by atoms with Gasteiger partial charge in [0.05, 0.1) is 31.7 Å². The summed E-state index contributed by atoms with van der Waals surface area (Å²) in [5, 5.41) is 0. The van der Waals surface area contributed by atoms with E-state index in [-0.39, 0.29) is 11.8 Å². The fourth-order valence-electron chi connectivity index (χ4n) is 6.18. The molecule has 0 radical (unpaired) electrons. The molecule has 0 aromatic rings. The second kappa shape index (κ2) is 4.88. The van der Waals surface area contributed by atoms with Crippen LogP contribution in [0.3, 0.4) is 0 Å². The maximum atomic E-state index is 11.7. The summed E-state index contributed by atoms with van der Waals surface area (Å²) in [6, 6.07) is 0. The smallest absolute Gasteiger partial charge is 0.237 e. The maximum Gasteiger partial charge on any atom is 0.237 e. The van der Waals surface area contributed by atoms with Crippen molar-refractivity contribution in [3.05, 3.63) is 0 Å². The van der Waals surface area contributed by atoms with Gasteiger partial charge in [0.1, 0.15) is 5.88 Å². The number of hydrogen-bond acceptors (Lipinski definition) is 1. The highest BCUT2D eigenvalue weighted by atomic mass is 35.5. The largest absolute Gasteiger partial charge is 0.330 e. The molecule has 0 aromatic carbocycles. The van der Waals surface area contributed by atoms with Crippen LogP contribution in [-0.2, 0) is 4.79 Å². The fourth-order valence-corrected chi connectivity index (χ4v) is 6.35. The van der Waals surface area contributed by atoms with E-state index in [4.69, 9.17) is 11.6 Å². The van der Waals surface area contributed by atoms with E-state index in [9.17, 15) is 4.79 Å². The summed E-state index contributed by atoms with van der Waals surface area (Å²) in [5.41, 5.74) is 0.588. The van der Waals surface area contributed by atoms with Crippen LogP contribution in [0.25, 0.3) is 0 Å². The summed E-state index contributed by atoms with van der Waals surface area (Å²) in [4.78, 5) is 15.5. The van der Waals surface area contributed by atoms with Crippen LogP contribution < -0.4 is 4.90 Å². The molecule has 1 saturated heterocycles. The van der Waals surface area contributed by atoms with Gasteiger partial charge in [0.25, 0.3) is 0 Å². The van der Waals surface area contributed by atoms with Crippen LogP contribution in [-0.4, -0.2) is 48.4 Å². The van der Waals surface area contributed by atoms with Crippen molar-refractivity contribution in [2.45, 2.75) is 44.1 Å². The SMILES string of the molecule is O=C(CCl)N1CC[NH+](C23CC4CC(CC(C4)C2)C3)CC1. The quantitative estimate of drug-likeness (QED) is 0.753. The van der Waals surface area contributed by atoms with Crippen molar-refractivity contribution in [1.29, 1.82) is 0 Å². The second-order valence-corrected chi connectivity index (χ2v) is 8.08. The number of amides is 1. The van der Waals surface area contributed by atoms with Crippen LogP contribution in [0.4, 0.5) is 0 Å². The highest BCUT2D eigenvalue weighted by Gasteiger charge is 2.56. The number of quaternary nitrogens is 1. The summed E-state index contributed by atoms with van der Waals surface area (Å²) in [6.45, 7) is 4.13. The highest BCUT2D eigenvalue weighted by molar-refractivity contribution is 6.27. The molecule has 20 heavy (non-hydrogen) atoms. The molecular weight excluding hydrogens is 272 g/mol. The number of piperazine rings is 1. The molecule has 5 aliphatic rings. The Morgan fingerprint density at radius 2 is 1.55 bits per heavy atom. The van der Waals surface area contributed by atoms with E-state index in [0.29, 0.717) is 5.54 Å². The normalized spacial score (nSPS) is 44.0. The molecular formula is C16H26ClN2O+. The minimum Gasteiger partial charge on any atom is -0.330 e. The Balaban J connectivity index is 1.45. The molecule has 5 rings (SSSR count). The molecule has 4 heteroatoms. The average molecular weight is 298 g/mol. The van der Waals surface area contributed by atoms with E-state index >= 15 is 0 Å². The first-order valence-corrected chi connectivity index (χ1v) is 8.91. The molecule has 1 N–H and O–H groups in total. The van der Waals surface area contributed by atoms with Crippen LogP contribution in [0.2, 0.25) is 0 Å². The topological polar surface area (TPSA) is 24.8 Å². The first kappa shape index (κ1) is 13.4. The van der Waals surface area contributed by atoms with Crippen molar-refractivity contribution in [3.8, 4) is 0 Å². The Hall–Kier alpha value is -0.280. The van der Waals surface area contributed by atoms with Gasteiger partial charge in [0.2, 0.25) is 5.91 Å². The highest BCUT2D eigenvalue weighted by Crippen LogP contribution is 2.54. The van der Waals surface area contributed by atoms with Crippen LogP contribution in [0.5, 0.6) is 0 Å². The number of rotatable bonds is 2. The van der Waals surface area contributed by atoms with Gasteiger partial charge in [-0.3, -0.25) is 4.79 Å². The van der Waals surface area contributed by atoms with Crippen molar-refractivity contribution in [3.63, 3.8) is 0 Å². The lowest BCUT2D eigenvalue weighted by atomic mass is 9.52. The number of nitrogens with zero attached hydrogens (tertiary/aromatic N) is 1. The summed E-state index contributed by atoms with van der Waals surface area (Å²) < 4.78 is 0. The Kier molecular flexibility index (Phi) is 3.26. The molecule has 4 bridgehead atoms. The molecule has 0 atom stereocenters. The predicted molar refractivity (Wildman–Crippen MR) is 78.9 cm³/mol. The van der Waals surface area contributed by atoms with Crippen LogP contribution in [0.15, 0.2) is 0 Å². The maximum absolute atomic E-state index is 11.7. The second-order valence-electron chi connectivity index (χ2n) is 7.82. The van der Waals surface area contributed by atoms with Gasteiger partial charge in [-0.2, -0.15) is 0 Å². The summed E-state index contributed by atoms with van der Waals surface area (Å²) in [5.74, 6) is 3.34. The van der Waals surface area contributed by atoms with Crippen molar-refractivity contribution in [1.82, 2.24) is 4.90 Å². The zero-order valence-corrected chi connectivity index (χ0v) is 13.0. The van der Waals surface area contributed by atoms with Gasteiger partial charge in [-0.1, -0.05) is 0 Å². The lowest BCUT2D eigenvalue weighted by Crippen LogP contribution is -3.23. The summed E-state index contributed by atoms with van der Waals surface area (Å²) in [7, 11) is 0. The Bertz CT molecular complexity index is 368. The zero-order chi connectivity index (χ0) is 13.7. The van der Waals surface area contributed by atoms with Gasteiger partial charge in [-0.25, -0.2) is 0 Å². The lowest BCUT2D eigenvalue weighted by molar-refractivity contribution is -0.962. The third-order valence-electron chi connectivity index (χ3n) is 6.62. The molecule has 0 spiro atoms. The van der Waals surface area contributed by atoms with Crippen LogP contribution >= 0.6 is 11.6 Å². The van der Waals surface area contributed by atoms with Crippen LogP contribution in [0.1, 0.15) is 38.5 Å². The Morgan fingerprint density at radius 1 is 1.05 bits per heavy atom. The first-order chi connectivity index (χ1) is 9.68. The van der Waals surface area contributed by atoms with Gasteiger partial charge in [0, 0.05) is 19.3 Å². The molecule has 0 unspecified atom stereocenters. The monoisotopic (exact) mass is 297 g/mol. The fraction of sp³-hybridized carbons (Fsp3) is 0.938. The third-order valence-corrected chi connectivity index (χ3v) is 6.85. The number of halogens is 1. The standard InChI is InChI=1S/C16H25ClN2O/c17-11-15(20)18-1-3-19(4-2-18)16-8-12-5-13(9-16)7-14(6-12)10-16/h12-14H,1-11H2/p+1. The van der Waals surface area contributed by atoms with Gasteiger partial charge >= 0.3 is 0 Å². The minimum absolute atomic E-state index is 0.122. The van der Waals surface area contributed by atoms with Crippen LogP contribution in [0, 0.1) is 17.8 Å². The minimum atomic E-state index is 0.122. The van der Waals surface area contributed by atoms with Gasteiger partial charge in [-0.15, -0.1) is 11.6 Å². The molecule has 1 aliphatic heterocycles. The summed E-state index contributed by atoms with van der Waals surface area (Å²) in [6.07, 6.45) is 8.96. The molecule has 5 fully saturated rings. The number of alkyl halides is 1. The molecule has 4 saturated carbocycles. The van der Waals surface area contributed by atoms with E-state index in [2.05, 4.69) is 0 Å². The van der Waals surface area contributed by atoms with E-state index in [1.807, 2.05) is 9.80 Å². The molecule has 3 nitrogen and oxygen atoms in total. The molecule has 4 aliphatic carbocycles. The molecule has 1 heterocycles. The molecule has 0 aromatic heterocycles. The van der Waals surface area contributed by atoms with Gasteiger partial charge in [0.15, 0.2) is 0 Å². The van der Waals surface area contributed by atoms with E-state index in [1.54, 1.807) is 0 Å². The van der Waals surface area contributed by atoms with E-state index in [0.717, 1.165) is 43.9 Å².